The van der Waals surface area contributed by atoms with Gasteiger partial charge in [0.1, 0.15) is 16.8 Å². The summed E-state index contributed by atoms with van der Waals surface area (Å²) in [5.74, 6) is 0.583. The Morgan fingerprint density at radius 3 is 2.88 bits per heavy atom. The van der Waals surface area contributed by atoms with Gasteiger partial charge in [-0.05, 0) is 61.6 Å². The molecule has 0 bridgehead atoms. The van der Waals surface area contributed by atoms with Crippen LogP contribution < -0.4 is 10.1 Å². The predicted molar refractivity (Wildman–Crippen MR) is 131 cm³/mol. The van der Waals surface area contributed by atoms with E-state index in [2.05, 4.69) is 28.5 Å². The Morgan fingerprint density at radius 1 is 1.32 bits per heavy atom. The highest BCUT2D eigenvalue weighted by Crippen LogP contribution is 2.41. The zero-order valence-electron chi connectivity index (χ0n) is 19.1. The van der Waals surface area contributed by atoms with Gasteiger partial charge in [0.25, 0.3) is 0 Å². The minimum absolute atomic E-state index is 0.00398. The smallest absolute Gasteiger partial charge is 0.318 e. The lowest BCUT2D eigenvalue weighted by Crippen LogP contribution is -2.57. The highest BCUT2D eigenvalue weighted by Gasteiger charge is 2.32. The van der Waals surface area contributed by atoms with Crippen molar-refractivity contribution in [1.29, 1.82) is 5.26 Å². The summed E-state index contributed by atoms with van der Waals surface area (Å²) < 4.78 is 5.74. The van der Waals surface area contributed by atoms with Crippen molar-refractivity contribution in [2.24, 2.45) is 0 Å². The van der Waals surface area contributed by atoms with Crippen LogP contribution in [0.15, 0.2) is 42.6 Å². The summed E-state index contributed by atoms with van der Waals surface area (Å²) in [5.41, 5.74) is 4.90. The minimum Gasteiger partial charge on any atom is -0.490 e. The Kier molecular flexibility index (Phi) is 5.98. The lowest BCUT2D eigenvalue weighted by molar-refractivity contribution is 0.0257. The number of nitriles is 1. The zero-order valence-corrected chi connectivity index (χ0v) is 19.9. The third kappa shape index (κ3) is 4.25. The quantitative estimate of drug-likeness (QED) is 0.567. The van der Waals surface area contributed by atoms with Crippen molar-refractivity contribution in [2.45, 2.75) is 44.9 Å². The van der Waals surface area contributed by atoms with Gasteiger partial charge in [-0.2, -0.15) is 5.26 Å². The number of rotatable bonds is 5. The molecule has 1 atom stereocenters. The number of aliphatic hydroxyl groups is 1. The maximum atomic E-state index is 12.5. The van der Waals surface area contributed by atoms with Gasteiger partial charge in [0.2, 0.25) is 0 Å². The molecule has 0 saturated carbocycles. The van der Waals surface area contributed by atoms with Gasteiger partial charge in [-0.1, -0.05) is 18.2 Å². The molecule has 1 aliphatic heterocycles. The first-order valence-corrected chi connectivity index (χ1v) is 12.3. The standard InChI is InChI=1S/C26H26N4O3S/c1-15(2)33-23-9-6-16(10-17(23)11-27)25-28-12-24(34-25)21-5-3-4-20-19(21)7-8-22(20)29-26(32)30-13-18(31)14-30/h3-6,9-10,12,15,18,22,31H,7-8,13-14H2,1-2H3,(H,29,32)/t22-/m0/s1. The average molecular weight is 475 g/mol. The van der Waals surface area contributed by atoms with Crippen molar-refractivity contribution in [2.75, 3.05) is 13.1 Å². The van der Waals surface area contributed by atoms with Crippen molar-refractivity contribution in [3.8, 4) is 32.8 Å². The van der Waals surface area contributed by atoms with Crippen molar-refractivity contribution >= 4 is 17.4 Å². The second-order valence-electron chi connectivity index (χ2n) is 8.99. The lowest BCUT2D eigenvalue weighted by atomic mass is 10.0. The van der Waals surface area contributed by atoms with Crippen molar-refractivity contribution in [3.05, 3.63) is 59.3 Å². The highest BCUT2D eigenvalue weighted by molar-refractivity contribution is 7.18. The molecule has 2 aromatic carbocycles. The van der Waals surface area contributed by atoms with Crippen LogP contribution >= 0.6 is 11.3 Å². The van der Waals surface area contributed by atoms with Crippen LogP contribution in [0.2, 0.25) is 0 Å². The van der Waals surface area contributed by atoms with Crippen LogP contribution in [-0.2, 0) is 6.42 Å². The van der Waals surface area contributed by atoms with E-state index < -0.39 is 6.10 Å². The molecule has 1 saturated heterocycles. The molecule has 1 aliphatic carbocycles. The fourth-order valence-electron chi connectivity index (χ4n) is 4.54. The Balaban J connectivity index is 1.38. The first-order valence-electron chi connectivity index (χ1n) is 11.5. The lowest BCUT2D eigenvalue weighted by Gasteiger charge is -2.36. The van der Waals surface area contributed by atoms with Crippen LogP contribution in [0.3, 0.4) is 0 Å². The van der Waals surface area contributed by atoms with E-state index in [9.17, 15) is 15.2 Å². The molecule has 1 fully saturated rings. The minimum atomic E-state index is -0.406. The zero-order chi connectivity index (χ0) is 23.8. The molecule has 2 N–H and O–H groups in total. The van der Waals surface area contributed by atoms with E-state index in [1.54, 1.807) is 16.2 Å². The fraction of sp³-hybridized carbons (Fsp3) is 0.346. The van der Waals surface area contributed by atoms with Crippen molar-refractivity contribution < 1.29 is 14.6 Å². The molecular formula is C26H26N4O3S. The number of nitrogens with one attached hydrogen (secondary N) is 1. The molecule has 2 amide bonds. The number of aromatic nitrogens is 1. The number of hydrogen-bond acceptors (Lipinski definition) is 6. The molecule has 5 rings (SSSR count). The number of aliphatic hydroxyl groups excluding tert-OH is 1. The number of fused-ring (bicyclic) bond motifs is 1. The summed E-state index contributed by atoms with van der Waals surface area (Å²) in [5, 5.41) is 23.0. The fourth-order valence-corrected chi connectivity index (χ4v) is 5.50. The molecule has 0 spiro atoms. The number of ether oxygens (including phenoxy) is 1. The summed E-state index contributed by atoms with van der Waals surface area (Å²) in [6.07, 6.45) is 3.20. The maximum absolute atomic E-state index is 12.5. The van der Waals surface area contributed by atoms with E-state index in [0.717, 1.165) is 39.4 Å². The average Bonchev–Trinajstić information content (AvgIpc) is 3.44. The Labute approximate surface area is 202 Å². The first-order chi connectivity index (χ1) is 16.4. The summed E-state index contributed by atoms with van der Waals surface area (Å²) in [6, 6.07) is 13.9. The number of urea groups is 1. The molecule has 0 unspecified atom stereocenters. The monoisotopic (exact) mass is 474 g/mol. The van der Waals surface area contributed by atoms with E-state index in [0.29, 0.717) is 24.4 Å². The number of likely N-dealkylation sites (tertiary alicyclic amines) is 1. The van der Waals surface area contributed by atoms with Gasteiger partial charge in [-0.3, -0.25) is 0 Å². The third-order valence-electron chi connectivity index (χ3n) is 6.20. The topological polar surface area (TPSA) is 98.5 Å². The molecule has 2 heterocycles. The highest BCUT2D eigenvalue weighted by atomic mass is 32.1. The van der Waals surface area contributed by atoms with Gasteiger partial charge in [0.05, 0.1) is 41.8 Å². The molecule has 34 heavy (non-hydrogen) atoms. The molecular weight excluding hydrogens is 448 g/mol. The Morgan fingerprint density at radius 2 is 2.15 bits per heavy atom. The van der Waals surface area contributed by atoms with Gasteiger partial charge < -0.3 is 20.1 Å². The number of amides is 2. The summed E-state index contributed by atoms with van der Waals surface area (Å²) >= 11 is 1.59. The van der Waals surface area contributed by atoms with Crippen LogP contribution in [0.25, 0.3) is 21.0 Å². The number of thiazole rings is 1. The molecule has 174 valence electrons. The largest absolute Gasteiger partial charge is 0.490 e. The number of carbonyl (C=O) groups excluding carboxylic acids is 1. The third-order valence-corrected chi connectivity index (χ3v) is 7.28. The number of carbonyl (C=O) groups is 1. The number of nitrogens with zero attached hydrogens (tertiary/aromatic N) is 3. The van der Waals surface area contributed by atoms with Crippen LogP contribution in [0, 0.1) is 11.3 Å². The SMILES string of the molecule is CC(C)Oc1ccc(-c2ncc(-c3cccc4c3CC[C@@H]4NC(=O)N3CC(O)C3)s2)cc1C#N. The maximum Gasteiger partial charge on any atom is 0.318 e. The van der Waals surface area contributed by atoms with Crippen LogP contribution in [0.4, 0.5) is 4.79 Å². The van der Waals surface area contributed by atoms with E-state index in [4.69, 9.17) is 4.74 Å². The van der Waals surface area contributed by atoms with Crippen LogP contribution in [0.5, 0.6) is 5.75 Å². The Hall–Kier alpha value is -3.41. The van der Waals surface area contributed by atoms with Gasteiger partial charge >= 0.3 is 6.03 Å². The van der Waals surface area contributed by atoms with Crippen molar-refractivity contribution in [3.63, 3.8) is 0 Å². The second kappa shape index (κ2) is 9.09. The molecule has 7 nitrogen and oxygen atoms in total. The molecule has 8 heteroatoms. The predicted octanol–water partition coefficient (Wildman–Crippen LogP) is 4.51. The van der Waals surface area contributed by atoms with Gasteiger partial charge in [-0.15, -0.1) is 11.3 Å². The van der Waals surface area contributed by atoms with Gasteiger partial charge in [0, 0.05) is 11.8 Å². The van der Waals surface area contributed by atoms with Crippen LogP contribution in [0.1, 0.15) is 43.0 Å². The van der Waals surface area contributed by atoms with E-state index in [1.165, 1.54) is 5.56 Å². The summed E-state index contributed by atoms with van der Waals surface area (Å²) in [7, 11) is 0. The van der Waals surface area contributed by atoms with Crippen molar-refractivity contribution in [1.82, 2.24) is 15.2 Å². The summed E-state index contributed by atoms with van der Waals surface area (Å²) in [6.45, 7) is 4.66. The second-order valence-corrected chi connectivity index (χ2v) is 10.0. The molecule has 2 aliphatic rings. The van der Waals surface area contributed by atoms with Crippen LogP contribution in [-0.4, -0.2) is 46.3 Å². The molecule has 3 aromatic rings. The van der Waals surface area contributed by atoms with E-state index in [1.807, 2.05) is 44.3 Å². The summed E-state index contributed by atoms with van der Waals surface area (Å²) in [4.78, 5) is 19.8. The first kappa shape index (κ1) is 22.4. The molecule has 0 radical (unpaired) electrons. The number of β-amino-alcohol motifs (C(OH)–C–C–N with tert-alkyl or cyclic N) is 1. The molecule has 1 aromatic heterocycles. The van der Waals surface area contributed by atoms with E-state index >= 15 is 0 Å². The van der Waals surface area contributed by atoms with Gasteiger partial charge in [-0.25, -0.2) is 9.78 Å². The normalized spacial score (nSPS) is 17.3. The van der Waals surface area contributed by atoms with E-state index in [-0.39, 0.29) is 18.2 Å². The number of benzene rings is 2. The van der Waals surface area contributed by atoms with Gasteiger partial charge in [0.15, 0.2) is 0 Å². The number of hydrogen-bond donors (Lipinski definition) is 2. The Bertz CT molecular complexity index is 1270.